The van der Waals surface area contributed by atoms with E-state index >= 15 is 0 Å². The maximum Gasteiger partial charge on any atom is 0.328 e. The zero-order chi connectivity index (χ0) is 15.0. The van der Waals surface area contributed by atoms with Crippen LogP contribution in [0.25, 0.3) is 6.08 Å². The number of hydrogen-bond donors (Lipinski definition) is 2. The van der Waals surface area contributed by atoms with Crippen LogP contribution in [-0.2, 0) is 9.59 Å². The Morgan fingerprint density at radius 3 is 2.85 bits per heavy atom. The van der Waals surface area contributed by atoms with Crippen molar-refractivity contribution in [2.45, 2.75) is 0 Å². The van der Waals surface area contributed by atoms with Crippen molar-refractivity contribution in [2.75, 3.05) is 13.2 Å². The minimum atomic E-state index is -1.16. The highest BCUT2D eigenvalue weighted by Crippen LogP contribution is 2.21. The third-order valence-corrected chi connectivity index (χ3v) is 2.18. The molecule has 1 aromatic rings. The molecule has 0 spiro atoms. The lowest BCUT2D eigenvalue weighted by Gasteiger charge is -2.09. The number of benzene rings is 1. The highest BCUT2D eigenvalue weighted by atomic mass is 19.1. The molecule has 0 heterocycles. The van der Waals surface area contributed by atoms with E-state index in [0.717, 1.165) is 18.2 Å². The van der Waals surface area contributed by atoms with Gasteiger partial charge in [-0.05, 0) is 24.3 Å². The van der Waals surface area contributed by atoms with E-state index in [-0.39, 0.29) is 23.8 Å². The van der Waals surface area contributed by atoms with Gasteiger partial charge in [0.1, 0.15) is 11.6 Å². The molecule has 0 saturated heterocycles. The normalized spacial score (nSPS) is 10.2. The van der Waals surface area contributed by atoms with Crippen molar-refractivity contribution >= 4 is 18.0 Å². The highest BCUT2D eigenvalue weighted by molar-refractivity contribution is 5.86. The fourth-order valence-electron chi connectivity index (χ4n) is 1.32. The van der Waals surface area contributed by atoms with Crippen molar-refractivity contribution in [1.82, 2.24) is 5.32 Å². The Morgan fingerprint density at radius 2 is 2.20 bits per heavy atom. The number of hydrogen-bond acceptors (Lipinski definition) is 3. The van der Waals surface area contributed by atoms with Crippen LogP contribution in [0.5, 0.6) is 5.75 Å². The fraction of sp³-hybridized carbons (Fsp3) is 0.143. The molecule has 0 fully saturated rings. The van der Waals surface area contributed by atoms with Crippen LogP contribution in [0.4, 0.5) is 4.39 Å². The molecule has 0 atom stereocenters. The van der Waals surface area contributed by atoms with Crippen LogP contribution in [-0.4, -0.2) is 30.1 Å². The molecule has 0 aromatic heterocycles. The minimum Gasteiger partial charge on any atom is -0.483 e. The van der Waals surface area contributed by atoms with Gasteiger partial charge in [-0.15, -0.1) is 6.58 Å². The molecule has 0 unspecified atom stereocenters. The Labute approximate surface area is 115 Å². The van der Waals surface area contributed by atoms with Crippen LogP contribution >= 0.6 is 0 Å². The number of ether oxygens (including phenoxy) is 1. The molecule has 1 rings (SSSR count). The standard InChI is InChI=1S/C14H14FNO4/c1-2-7-16-13(17)9-20-12-5-4-11(15)8-10(12)3-6-14(18)19/h2-6,8H,1,7,9H2,(H,16,17)(H,18,19)/b6-3+. The second-order valence-electron chi connectivity index (χ2n) is 3.74. The first-order valence-corrected chi connectivity index (χ1v) is 5.74. The molecule has 5 nitrogen and oxygen atoms in total. The van der Waals surface area contributed by atoms with E-state index < -0.39 is 11.8 Å². The van der Waals surface area contributed by atoms with E-state index in [1.54, 1.807) is 0 Å². The third kappa shape index (κ3) is 5.34. The average Bonchev–Trinajstić information content (AvgIpc) is 2.41. The quantitative estimate of drug-likeness (QED) is 0.587. The van der Waals surface area contributed by atoms with Gasteiger partial charge < -0.3 is 15.2 Å². The van der Waals surface area contributed by atoms with Crippen molar-refractivity contribution in [2.24, 2.45) is 0 Å². The summed E-state index contributed by atoms with van der Waals surface area (Å²) in [6, 6.07) is 3.61. The number of aliphatic carboxylic acids is 1. The SMILES string of the molecule is C=CCNC(=O)COc1ccc(F)cc1/C=C/C(=O)O. The number of carboxylic acid groups (broad SMARTS) is 1. The number of carbonyl (C=O) groups is 2. The first-order chi connectivity index (χ1) is 9.52. The van der Waals surface area contributed by atoms with Crippen LogP contribution in [0.15, 0.2) is 36.9 Å². The summed E-state index contributed by atoms with van der Waals surface area (Å²) in [5.41, 5.74) is 0.240. The summed E-state index contributed by atoms with van der Waals surface area (Å²) in [4.78, 5) is 21.8. The molecule has 20 heavy (non-hydrogen) atoms. The summed E-state index contributed by atoms with van der Waals surface area (Å²) in [7, 11) is 0. The summed E-state index contributed by atoms with van der Waals surface area (Å²) in [6.45, 7) is 3.51. The Balaban J connectivity index is 2.76. The fourth-order valence-corrected chi connectivity index (χ4v) is 1.32. The summed E-state index contributed by atoms with van der Waals surface area (Å²) in [5.74, 6) is -1.83. The van der Waals surface area contributed by atoms with Crippen molar-refractivity contribution in [1.29, 1.82) is 0 Å². The lowest BCUT2D eigenvalue weighted by Crippen LogP contribution is -2.28. The van der Waals surface area contributed by atoms with Crippen LogP contribution in [0.1, 0.15) is 5.56 Å². The number of carboxylic acids is 1. The van der Waals surface area contributed by atoms with Gasteiger partial charge in [0, 0.05) is 18.2 Å². The molecule has 6 heteroatoms. The van der Waals surface area contributed by atoms with Gasteiger partial charge in [0.05, 0.1) is 0 Å². The van der Waals surface area contributed by atoms with Crippen molar-refractivity contribution in [3.63, 3.8) is 0 Å². The first-order valence-electron chi connectivity index (χ1n) is 5.74. The molecular weight excluding hydrogens is 265 g/mol. The maximum atomic E-state index is 13.1. The molecule has 1 amide bonds. The molecule has 106 valence electrons. The maximum absolute atomic E-state index is 13.1. The highest BCUT2D eigenvalue weighted by Gasteiger charge is 2.06. The zero-order valence-electron chi connectivity index (χ0n) is 10.6. The predicted octanol–water partition coefficient (Wildman–Crippen LogP) is 1.60. The number of rotatable bonds is 7. The van der Waals surface area contributed by atoms with Crippen molar-refractivity contribution in [3.8, 4) is 5.75 Å². The number of amides is 1. The average molecular weight is 279 g/mol. The molecule has 0 radical (unpaired) electrons. The van der Waals surface area contributed by atoms with E-state index in [2.05, 4.69) is 11.9 Å². The first kappa shape index (κ1) is 15.4. The van der Waals surface area contributed by atoms with Crippen molar-refractivity contribution in [3.05, 3.63) is 48.3 Å². The summed E-state index contributed by atoms with van der Waals surface area (Å²) in [6.07, 6.45) is 3.58. The van der Waals surface area contributed by atoms with Gasteiger partial charge in [0.15, 0.2) is 6.61 Å². The largest absolute Gasteiger partial charge is 0.483 e. The molecule has 0 aliphatic heterocycles. The topological polar surface area (TPSA) is 75.6 Å². The number of nitrogens with one attached hydrogen (secondary N) is 1. The lowest BCUT2D eigenvalue weighted by molar-refractivity contribution is -0.131. The molecule has 0 bridgehead atoms. The Morgan fingerprint density at radius 1 is 1.45 bits per heavy atom. The second kappa shape index (κ2) is 7.73. The van der Waals surface area contributed by atoms with E-state index in [4.69, 9.17) is 9.84 Å². The molecular formula is C14H14FNO4. The van der Waals surface area contributed by atoms with Crippen molar-refractivity contribution < 1.29 is 23.8 Å². The van der Waals surface area contributed by atoms with Gasteiger partial charge in [0.25, 0.3) is 5.91 Å². The lowest BCUT2D eigenvalue weighted by atomic mass is 10.2. The smallest absolute Gasteiger partial charge is 0.328 e. The Bertz CT molecular complexity index is 540. The van der Waals surface area contributed by atoms with Gasteiger partial charge in [-0.25, -0.2) is 9.18 Å². The van der Waals surface area contributed by atoms with E-state index in [1.165, 1.54) is 18.2 Å². The van der Waals surface area contributed by atoms with Crippen LogP contribution in [0.2, 0.25) is 0 Å². The third-order valence-electron chi connectivity index (χ3n) is 2.18. The van der Waals surface area contributed by atoms with Gasteiger partial charge in [-0.3, -0.25) is 4.79 Å². The van der Waals surface area contributed by atoms with Gasteiger partial charge in [0.2, 0.25) is 0 Å². The van der Waals surface area contributed by atoms with Crippen LogP contribution < -0.4 is 10.1 Å². The van der Waals surface area contributed by atoms with E-state index in [0.29, 0.717) is 6.54 Å². The van der Waals surface area contributed by atoms with Crippen LogP contribution in [0.3, 0.4) is 0 Å². The molecule has 0 aliphatic carbocycles. The summed E-state index contributed by atoms with van der Waals surface area (Å²) >= 11 is 0. The summed E-state index contributed by atoms with van der Waals surface area (Å²) in [5, 5.41) is 11.1. The Kier molecular flexibility index (Phi) is 5.96. The van der Waals surface area contributed by atoms with Gasteiger partial charge in [-0.1, -0.05) is 6.08 Å². The van der Waals surface area contributed by atoms with Crippen LogP contribution in [0, 0.1) is 5.82 Å². The zero-order valence-corrected chi connectivity index (χ0v) is 10.6. The Hall–Kier alpha value is -2.63. The van der Waals surface area contributed by atoms with Gasteiger partial charge >= 0.3 is 5.97 Å². The predicted molar refractivity (Wildman–Crippen MR) is 71.8 cm³/mol. The summed E-state index contributed by atoms with van der Waals surface area (Å²) < 4.78 is 18.3. The second-order valence-corrected chi connectivity index (χ2v) is 3.74. The van der Waals surface area contributed by atoms with Gasteiger partial charge in [-0.2, -0.15) is 0 Å². The molecule has 0 aliphatic rings. The minimum absolute atomic E-state index is 0.220. The monoisotopic (exact) mass is 279 g/mol. The number of carbonyl (C=O) groups excluding carboxylic acids is 1. The number of halogens is 1. The van der Waals surface area contributed by atoms with E-state index in [9.17, 15) is 14.0 Å². The molecule has 1 aromatic carbocycles. The van der Waals surface area contributed by atoms with E-state index in [1.807, 2.05) is 0 Å². The molecule has 0 saturated carbocycles. The molecule has 2 N–H and O–H groups in total.